The molecule has 0 aromatic rings. The van der Waals surface area contributed by atoms with Crippen molar-refractivity contribution in [1.82, 2.24) is 0 Å². The molecule has 0 spiro atoms. The van der Waals surface area contributed by atoms with Crippen molar-refractivity contribution >= 4 is 11.9 Å². The van der Waals surface area contributed by atoms with Crippen LogP contribution in [0.2, 0.25) is 0 Å². The van der Waals surface area contributed by atoms with Crippen LogP contribution in [-0.2, 0) is 14.3 Å². The van der Waals surface area contributed by atoms with Crippen LogP contribution < -0.4 is 0 Å². The van der Waals surface area contributed by atoms with E-state index in [9.17, 15) is 9.59 Å². The Morgan fingerprint density at radius 1 is 1.07 bits per heavy atom. The van der Waals surface area contributed by atoms with Crippen LogP contribution in [0, 0.1) is 0 Å². The fraction of sp³-hybridized carbons (Fsp3) is 0.400. The molecule has 2 unspecified atom stereocenters. The molecule has 5 heteroatoms. The second kappa shape index (κ2) is 6.78. The van der Waals surface area contributed by atoms with Gasteiger partial charge in [-0.15, -0.1) is 13.2 Å². The number of hydrogen-bond donors (Lipinski definition) is 2. The zero-order valence-corrected chi connectivity index (χ0v) is 8.26. The summed E-state index contributed by atoms with van der Waals surface area (Å²) in [7, 11) is 0. The van der Waals surface area contributed by atoms with Crippen molar-refractivity contribution in [3.63, 3.8) is 0 Å². The van der Waals surface area contributed by atoms with E-state index in [-0.39, 0.29) is 12.8 Å². The van der Waals surface area contributed by atoms with Gasteiger partial charge >= 0.3 is 11.9 Å². The first kappa shape index (κ1) is 13.4. The highest BCUT2D eigenvalue weighted by atomic mass is 16.5. The van der Waals surface area contributed by atoms with Gasteiger partial charge in [0.25, 0.3) is 0 Å². The van der Waals surface area contributed by atoms with Gasteiger partial charge in [-0.3, -0.25) is 9.59 Å². The summed E-state index contributed by atoms with van der Waals surface area (Å²) >= 11 is 0. The van der Waals surface area contributed by atoms with Gasteiger partial charge in [-0.25, -0.2) is 0 Å². The molecule has 0 heterocycles. The molecule has 0 saturated heterocycles. The summed E-state index contributed by atoms with van der Waals surface area (Å²) in [5.41, 5.74) is 0. The molecule has 0 aromatic heterocycles. The number of ether oxygens (including phenoxy) is 1. The minimum absolute atomic E-state index is 0.243. The average molecular weight is 214 g/mol. The van der Waals surface area contributed by atoms with Crippen molar-refractivity contribution in [1.29, 1.82) is 0 Å². The smallest absolute Gasteiger partial charge is 0.306 e. The lowest BCUT2D eigenvalue weighted by molar-refractivity contribution is -0.141. The third-order valence-corrected chi connectivity index (χ3v) is 1.63. The quantitative estimate of drug-likeness (QED) is 0.590. The summed E-state index contributed by atoms with van der Waals surface area (Å²) in [5.74, 6) is -2.06. The monoisotopic (exact) mass is 214 g/mol. The van der Waals surface area contributed by atoms with E-state index < -0.39 is 24.1 Å². The van der Waals surface area contributed by atoms with E-state index in [2.05, 4.69) is 13.2 Å². The van der Waals surface area contributed by atoms with E-state index in [1.807, 2.05) is 0 Å². The highest BCUT2D eigenvalue weighted by Crippen LogP contribution is 2.08. The Morgan fingerprint density at radius 3 is 1.60 bits per heavy atom. The molecule has 0 aliphatic carbocycles. The van der Waals surface area contributed by atoms with Crippen molar-refractivity contribution in [2.75, 3.05) is 0 Å². The minimum atomic E-state index is -1.03. The lowest BCUT2D eigenvalue weighted by Crippen LogP contribution is -2.23. The predicted molar refractivity (Wildman–Crippen MR) is 53.6 cm³/mol. The van der Waals surface area contributed by atoms with E-state index in [1.54, 1.807) is 0 Å². The summed E-state index contributed by atoms with van der Waals surface area (Å²) in [6.45, 7) is 6.82. The average Bonchev–Trinajstić information content (AvgIpc) is 2.14. The lowest BCUT2D eigenvalue weighted by Gasteiger charge is -2.17. The van der Waals surface area contributed by atoms with E-state index in [1.165, 1.54) is 12.2 Å². The summed E-state index contributed by atoms with van der Waals surface area (Å²) in [4.78, 5) is 20.8. The first-order valence-electron chi connectivity index (χ1n) is 4.33. The molecular weight excluding hydrogens is 200 g/mol. The molecule has 0 aliphatic heterocycles. The van der Waals surface area contributed by atoms with Gasteiger partial charge in [0.15, 0.2) is 0 Å². The maximum Gasteiger partial charge on any atom is 0.306 e. The molecule has 0 radical (unpaired) electrons. The maximum atomic E-state index is 10.4. The molecular formula is C10H14O5. The van der Waals surface area contributed by atoms with Crippen LogP contribution in [-0.4, -0.2) is 34.4 Å². The highest BCUT2D eigenvalue weighted by molar-refractivity contribution is 5.68. The normalized spacial score (nSPS) is 13.9. The van der Waals surface area contributed by atoms with Crippen LogP contribution in [0.1, 0.15) is 12.8 Å². The van der Waals surface area contributed by atoms with Gasteiger partial charge in [-0.2, -0.15) is 0 Å². The fourth-order valence-electron chi connectivity index (χ4n) is 0.943. The van der Waals surface area contributed by atoms with Gasteiger partial charge in [0.2, 0.25) is 0 Å². The minimum Gasteiger partial charge on any atom is -0.481 e. The van der Waals surface area contributed by atoms with Crippen LogP contribution >= 0.6 is 0 Å². The van der Waals surface area contributed by atoms with Crippen LogP contribution in [0.15, 0.2) is 25.3 Å². The molecule has 2 N–H and O–H groups in total. The largest absolute Gasteiger partial charge is 0.481 e. The van der Waals surface area contributed by atoms with Crippen LogP contribution in [0.4, 0.5) is 0 Å². The number of hydrogen-bond acceptors (Lipinski definition) is 3. The van der Waals surface area contributed by atoms with Crippen molar-refractivity contribution in [3.8, 4) is 0 Å². The van der Waals surface area contributed by atoms with Gasteiger partial charge < -0.3 is 14.9 Å². The summed E-state index contributed by atoms with van der Waals surface area (Å²) in [5, 5.41) is 17.0. The second-order valence-electron chi connectivity index (χ2n) is 2.88. The van der Waals surface area contributed by atoms with Gasteiger partial charge in [0.05, 0.1) is 25.0 Å². The number of aliphatic carboxylic acids is 2. The third kappa shape index (κ3) is 6.45. The summed E-state index contributed by atoms with van der Waals surface area (Å²) in [6, 6.07) is 0. The van der Waals surface area contributed by atoms with Gasteiger partial charge in [-0.05, 0) is 0 Å². The number of carboxylic acid groups (broad SMARTS) is 2. The Bertz CT molecular complexity index is 233. The van der Waals surface area contributed by atoms with Gasteiger partial charge in [0, 0.05) is 0 Å². The fourth-order valence-corrected chi connectivity index (χ4v) is 0.943. The molecule has 15 heavy (non-hydrogen) atoms. The molecule has 0 amide bonds. The Hall–Kier alpha value is -1.62. The highest BCUT2D eigenvalue weighted by Gasteiger charge is 2.16. The van der Waals surface area contributed by atoms with Crippen molar-refractivity contribution in [2.24, 2.45) is 0 Å². The van der Waals surface area contributed by atoms with E-state index in [4.69, 9.17) is 14.9 Å². The van der Waals surface area contributed by atoms with Crippen LogP contribution in [0.5, 0.6) is 0 Å². The maximum absolute atomic E-state index is 10.4. The topological polar surface area (TPSA) is 83.8 Å². The zero-order valence-electron chi connectivity index (χ0n) is 8.26. The zero-order chi connectivity index (χ0) is 11.8. The van der Waals surface area contributed by atoms with Gasteiger partial charge in [-0.1, -0.05) is 12.2 Å². The van der Waals surface area contributed by atoms with Crippen LogP contribution in [0.3, 0.4) is 0 Å². The number of rotatable bonds is 8. The lowest BCUT2D eigenvalue weighted by atomic mass is 10.2. The first-order valence-corrected chi connectivity index (χ1v) is 4.33. The van der Waals surface area contributed by atoms with E-state index >= 15 is 0 Å². The van der Waals surface area contributed by atoms with Gasteiger partial charge in [0.1, 0.15) is 0 Å². The summed E-state index contributed by atoms with van der Waals surface area (Å²) in [6.07, 6.45) is 0.759. The Morgan fingerprint density at radius 2 is 1.40 bits per heavy atom. The summed E-state index contributed by atoms with van der Waals surface area (Å²) < 4.78 is 5.17. The Kier molecular flexibility index (Phi) is 6.05. The third-order valence-electron chi connectivity index (χ3n) is 1.63. The molecule has 5 nitrogen and oxygen atoms in total. The molecule has 0 aliphatic rings. The predicted octanol–water partition coefficient (Wildman–Crippen LogP) is 1.06. The van der Waals surface area contributed by atoms with Crippen molar-refractivity contribution < 1.29 is 24.5 Å². The molecule has 0 bridgehead atoms. The van der Waals surface area contributed by atoms with Crippen molar-refractivity contribution in [3.05, 3.63) is 25.3 Å². The molecule has 0 aromatic carbocycles. The Labute approximate surface area is 87.7 Å². The second-order valence-corrected chi connectivity index (χ2v) is 2.88. The first-order chi connectivity index (χ1) is 6.99. The number of carboxylic acids is 2. The molecule has 0 rings (SSSR count). The van der Waals surface area contributed by atoms with E-state index in [0.29, 0.717) is 0 Å². The van der Waals surface area contributed by atoms with E-state index in [0.717, 1.165) is 0 Å². The Balaban J connectivity index is 4.22. The molecule has 84 valence electrons. The standard InChI is InChI=1S/C10H14O5/c1-3-7(5-9(11)12)15-8(4-2)6-10(13)14/h3-4,7-8H,1-2,5-6H2,(H,11,12)(H,13,14). The molecule has 0 fully saturated rings. The molecule has 2 atom stereocenters. The number of carbonyl (C=O) groups is 2. The van der Waals surface area contributed by atoms with Crippen LogP contribution in [0.25, 0.3) is 0 Å². The van der Waals surface area contributed by atoms with Crippen molar-refractivity contribution in [2.45, 2.75) is 25.0 Å². The SMILES string of the molecule is C=CC(CC(=O)O)OC(C=C)CC(=O)O. The molecule has 0 saturated carbocycles.